The number of hydrogen-bond acceptors (Lipinski definition) is 3. The van der Waals surface area contributed by atoms with Crippen molar-refractivity contribution in [1.29, 1.82) is 0 Å². The molecule has 1 aromatic carbocycles. The molecule has 0 spiro atoms. The average molecular weight is 336 g/mol. The quantitative estimate of drug-likeness (QED) is 0.722. The van der Waals surface area contributed by atoms with Gasteiger partial charge in [-0.1, -0.05) is 25.1 Å². The summed E-state index contributed by atoms with van der Waals surface area (Å²) in [7, 11) is 1.77. The molecule has 0 saturated carbocycles. The highest BCUT2D eigenvalue weighted by Crippen LogP contribution is 2.23. The summed E-state index contributed by atoms with van der Waals surface area (Å²) in [6.45, 7) is 3.88. The van der Waals surface area contributed by atoms with Gasteiger partial charge in [-0.25, -0.2) is 0 Å². The number of benzene rings is 1. The minimum atomic E-state index is -0.368. The van der Waals surface area contributed by atoms with E-state index >= 15 is 0 Å². The Hall–Kier alpha value is -3.15. The zero-order valence-corrected chi connectivity index (χ0v) is 14.5. The third-order valence-electron chi connectivity index (χ3n) is 4.26. The Kier molecular flexibility index (Phi) is 4.52. The van der Waals surface area contributed by atoms with Crippen molar-refractivity contribution in [1.82, 2.24) is 20.4 Å². The van der Waals surface area contributed by atoms with Crippen LogP contribution in [-0.2, 0) is 13.5 Å². The number of aromatic nitrogens is 2. The van der Waals surface area contributed by atoms with Crippen LogP contribution in [0.15, 0.2) is 42.6 Å². The van der Waals surface area contributed by atoms with Crippen LogP contribution in [0.4, 0.5) is 0 Å². The Labute approximate surface area is 145 Å². The molecule has 0 unspecified atom stereocenters. The minimum Gasteiger partial charge on any atom is -0.347 e. The van der Waals surface area contributed by atoms with Gasteiger partial charge in [-0.3, -0.25) is 25.4 Å². The summed E-state index contributed by atoms with van der Waals surface area (Å²) >= 11 is 0. The van der Waals surface area contributed by atoms with Crippen LogP contribution in [0.25, 0.3) is 10.9 Å². The Morgan fingerprint density at radius 2 is 1.80 bits per heavy atom. The van der Waals surface area contributed by atoms with Crippen molar-refractivity contribution in [3.8, 4) is 0 Å². The maximum atomic E-state index is 12.7. The van der Waals surface area contributed by atoms with Gasteiger partial charge in [0.15, 0.2) is 0 Å². The number of carbonyl (C=O) groups excluding carboxylic acids is 2. The van der Waals surface area contributed by atoms with Gasteiger partial charge in [0.2, 0.25) is 0 Å². The lowest BCUT2D eigenvalue weighted by molar-refractivity contribution is 0.0842. The van der Waals surface area contributed by atoms with Crippen molar-refractivity contribution in [3.63, 3.8) is 0 Å². The fourth-order valence-corrected chi connectivity index (χ4v) is 2.93. The molecule has 6 nitrogen and oxygen atoms in total. The summed E-state index contributed by atoms with van der Waals surface area (Å²) in [5.74, 6) is -0.721. The molecule has 0 aliphatic heterocycles. The molecule has 6 heteroatoms. The third-order valence-corrected chi connectivity index (χ3v) is 4.26. The number of aryl methyl sites for hydroxylation is 2. The Bertz CT molecular complexity index is 959. The van der Waals surface area contributed by atoms with Crippen molar-refractivity contribution < 1.29 is 9.59 Å². The maximum Gasteiger partial charge on any atom is 0.286 e. The molecule has 25 heavy (non-hydrogen) atoms. The lowest BCUT2D eigenvalue weighted by atomic mass is 10.00. The summed E-state index contributed by atoms with van der Waals surface area (Å²) in [5.41, 5.74) is 8.46. The zero-order chi connectivity index (χ0) is 18.0. The topological polar surface area (TPSA) is 76.0 Å². The third kappa shape index (κ3) is 3.10. The van der Waals surface area contributed by atoms with E-state index in [0.717, 1.165) is 28.6 Å². The van der Waals surface area contributed by atoms with E-state index in [9.17, 15) is 9.59 Å². The van der Waals surface area contributed by atoms with E-state index in [0.29, 0.717) is 11.3 Å². The van der Waals surface area contributed by atoms with Gasteiger partial charge in [-0.05, 0) is 37.1 Å². The average Bonchev–Trinajstić information content (AvgIpc) is 3.05. The molecule has 2 heterocycles. The molecule has 3 rings (SSSR count). The molecule has 0 fully saturated rings. The molecular weight excluding hydrogens is 316 g/mol. The number of nitrogens with one attached hydrogen (secondary N) is 2. The van der Waals surface area contributed by atoms with Crippen LogP contribution in [0, 0.1) is 6.92 Å². The van der Waals surface area contributed by atoms with Crippen LogP contribution in [-0.4, -0.2) is 21.4 Å². The highest BCUT2D eigenvalue weighted by molar-refractivity contribution is 6.08. The van der Waals surface area contributed by atoms with E-state index in [1.54, 1.807) is 29.9 Å². The van der Waals surface area contributed by atoms with Crippen LogP contribution in [0.3, 0.4) is 0 Å². The lowest BCUT2D eigenvalue weighted by Crippen LogP contribution is -2.42. The van der Waals surface area contributed by atoms with E-state index < -0.39 is 0 Å². The first-order valence-electron chi connectivity index (χ1n) is 8.13. The van der Waals surface area contributed by atoms with E-state index in [4.69, 9.17) is 0 Å². The maximum absolute atomic E-state index is 12.7. The van der Waals surface area contributed by atoms with Crippen molar-refractivity contribution >= 4 is 22.7 Å². The van der Waals surface area contributed by atoms with Crippen LogP contribution >= 0.6 is 0 Å². The van der Waals surface area contributed by atoms with E-state index in [1.165, 1.54) is 0 Å². The first-order chi connectivity index (χ1) is 12.0. The lowest BCUT2D eigenvalue weighted by Gasteiger charge is -2.14. The van der Waals surface area contributed by atoms with Crippen LogP contribution in [0.1, 0.15) is 39.0 Å². The number of fused-ring (bicyclic) bond motifs is 1. The van der Waals surface area contributed by atoms with Crippen LogP contribution < -0.4 is 10.9 Å². The molecule has 0 bridgehead atoms. The predicted molar refractivity (Wildman–Crippen MR) is 96.2 cm³/mol. The molecular formula is C19H20N4O2. The highest BCUT2D eigenvalue weighted by Gasteiger charge is 2.18. The van der Waals surface area contributed by atoms with Gasteiger partial charge < -0.3 is 4.57 Å². The number of pyridine rings is 1. The zero-order valence-electron chi connectivity index (χ0n) is 14.5. The number of nitrogens with zero attached hydrogens (tertiary/aromatic N) is 2. The number of hydrogen-bond donors (Lipinski definition) is 2. The second-order valence-electron chi connectivity index (χ2n) is 5.84. The Balaban J connectivity index is 1.90. The molecule has 0 radical (unpaired) electrons. The van der Waals surface area contributed by atoms with Gasteiger partial charge in [-0.15, -0.1) is 0 Å². The molecule has 2 N–H and O–H groups in total. The summed E-state index contributed by atoms with van der Waals surface area (Å²) < 4.78 is 1.68. The normalized spacial score (nSPS) is 10.7. The molecule has 128 valence electrons. The molecule has 3 aromatic rings. The Morgan fingerprint density at radius 3 is 2.48 bits per heavy atom. The van der Waals surface area contributed by atoms with Gasteiger partial charge in [0.25, 0.3) is 11.8 Å². The second-order valence-corrected chi connectivity index (χ2v) is 5.84. The van der Waals surface area contributed by atoms with Gasteiger partial charge >= 0.3 is 0 Å². The fourth-order valence-electron chi connectivity index (χ4n) is 2.93. The summed E-state index contributed by atoms with van der Waals surface area (Å²) in [4.78, 5) is 29.5. The minimum absolute atomic E-state index is 0.353. The van der Waals surface area contributed by atoms with E-state index in [2.05, 4.69) is 15.8 Å². The van der Waals surface area contributed by atoms with E-state index in [1.807, 2.05) is 38.1 Å². The summed E-state index contributed by atoms with van der Waals surface area (Å²) in [6.07, 6.45) is 2.50. The molecule has 0 saturated heterocycles. The van der Waals surface area contributed by atoms with Crippen molar-refractivity contribution in [2.75, 3.05) is 0 Å². The van der Waals surface area contributed by atoms with Crippen LogP contribution in [0.2, 0.25) is 0 Å². The molecule has 2 amide bonds. The van der Waals surface area contributed by atoms with Gasteiger partial charge in [0, 0.05) is 24.3 Å². The molecule has 0 aliphatic carbocycles. The highest BCUT2D eigenvalue weighted by atomic mass is 16.2. The number of rotatable bonds is 3. The largest absolute Gasteiger partial charge is 0.347 e. The Morgan fingerprint density at radius 1 is 1.08 bits per heavy atom. The van der Waals surface area contributed by atoms with Crippen LogP contribution in [0.5, 0.6) is 0 Å². The van der Waals surface area contributed by atoms with Crippen molar-refractivity contribution in [3.05, 3.63) is 65.1 Å². The number of hydrazine groups is 1. The van der Waals surface area contributed by atoms with Gasteiger partial charge in [0.1, 0.15) is 5.69 Å². The molecule has 2 aromatic heterocycles. The second kappa shape index (κ2) is 6.76. The fraction of sp³-hybridized carbons (Fsp3) is 0.211. The van der Waals surface area contributed by atoms with E-state index in [-0.39, 0.29) is 11.8 Å². The predicted octanol–water partition coefficient (Wildman–Crippen LogP) is 2.52. The first-order valence-corrected chi connectivity index (χ1v) is 8.13. The monoisotopic (exact) mass is 336 g/mol. The number of carbonyl (C=O) groups is 2. The summed E-state index contributed by atoms with van der Waals surface area (Å²) in [5, 5.41) is 0.766. The first kappa shape index (κ1) is 16.7. The molecule has 0 aliphatic rings. The van der Waals surface area contributed by atoms with Crippen molar-refractivity contribution in [2.45, 2.75) is 20.3 Å². The number of amides is 2. The SMILES string of the molecule is CCc1nc2ccccc2c(C(=O)NNC(=O)c2cccn2C)c1C. The number of para-hydroxylation sites is 1. The smallest absolute Gasteiger partial charge is 0.286 e. The van der Waals surface area contributed by atoms with Gasteiger partial charge in [0.05, 0.1) is 11.1 Å². The standard InChI is InChI=1S/C19H20N4O2/c1-4-14-12(2)17(13-8-5-6-9-15(13)20-14)19(25)22-21-18(24)16-10-7-11-23(16)3/h5-11H,4H2,1-3H3,(H,21,24)(H,22,25). The summed E-state index contributed by atoms with van der Waals surface area (Å²) in [6, 6.07) is 11.0. The van der Waals surface area contributed by atoms with Gasteiger partial charge in [-0.2, -0.15) is 0 Å². The molecule has 0 atom stereocenters. The van der Waals surface area contributed by atoms with Crippen molar-refractivity contribution in [2.24, 2.45) is 7.05 Å².